The lowest BCUT2D eigenvalue weighted by molar-refractivity contribution is -0.156. The molecule has 0 aromatic rings. The monoisotopic (exact) mass is 254 g/mol. The molecule has 0 aromatic heterocycles. The van der Waals surface area contributed by atoms with Gasteiger partial charge >= 0.3 is 0 Å². The average Bonchev–Trinajstić information content (AvgIpc) is 2.74. The highest BCUT2D eigenvalue weighted by Crippen LogP contribution is 2.31. The third kappa shape index (κ3) is 2.23. The molecule has 18 heavy (non-hydrogen) atoms. The van der Waals surface area contributed by atoms with Gasteiger partial charge < -0.3 is 15.0 Å². The number of nitrogens with one attached hydrogen (secondary N) is 1. The fourth-order valence-electron chi connectivity index (χ4n) is 2.77. The highest BCUT2D eigenvalue weighted by Gasteiger charge is 2.48. The number of rotatable bonds is 1. The number of hydrogen-bond donors (Lipinski definition) is 1. The molecule has 0 radical (unpaired) electrons. The highest BCUT2D eigenvalue weighted by molar-refractivity contribution is 5.97. The summed E-state index contributed by atoms with van der Waals surface area (Å²) in [5.74, 6) is -0.0495. The summed E-state index contributed by atoms with van der Waals surface area (Å²) in [6.07, 6.45) is 0.818. The lowest BCUT2D eigenvalue weighted by Crippen LogP contribution is -2.68. The summed E-state index contributed by atoms with van der Waals surface area (Å²) >= 11 is 0. The predicted molar refractivity (Wildman–Crippen MR) is 66.9 cm³/mol. The van der Waals surface area contributed by atoms with Crippen molar-refractivity contribution in [3.8, 4) is 0 Å². The third-order valence-electron chi connectivity index (χ3n) is 3.63. The zero-order valence-electron chi connectivity index (χ0n) is 11.5. The molecule has 0 bridgehead atoms. The molecule has 2 saturated heterocycles. The van der Waals surface area contributed by atoms with Gasteiger partial charge in [0, 0.05) is 6.61 Å². The van der Waals surface area contributed by atoms with Crippen molar-refractivity contribution in [1.82, 2.24) is 10.2 Å². The average molecular weight is 254 g/mol. The molecule has 3 atom stereocenters. The molecule has 0 spiro atoms. The van der Waals surface area contributed by atoms with Gasteiger partial charge in [0.25, 0.3) is 0 Å². The van der Waals surface area contributed by atoms with Crippen LogP contribution in [0.3, 0.4) is 0 Å². The number of piperazine rings is 1. The van der Waals surface area contributed by atoms with Crippen molar-refractivity contribution in [2.75, 3.05) is 13.2 Å². The second-order valence-corrected chi connectivity index (χ2v) is 6.26. The minimum atomic E-state index is -0.434. The summed E-state index contributed by atoms with van der Waals surface area (Å²) in [5.41, 5.74) is -0.275. The fraction of sp³-hybridized carbons (Fsp3) is 0.846. The van der Waals surface area contributed by atoms with Gasteiger partial charge in [-0.15, -0.1) is 0 Å². The SMILES string of the molecule is CC1NC(=O)C(C(C)(C)C)N(C2CCOC2)C1=O. The van der Waals surface area contributed by atoms with Crippen molar-refractivity contribution in [2.45, 2.75) is 52.2 Å². The minimum absolute atomic E-state index is 0.00465. The first-order valence-corrected chi connectivity index (χ1v) is 6.52. The summed E-state index contributed by atoms with van der Waals surface area (Å²) in [4.78, 5) is 26.3. The van der Waals surface area contributed by atoms with Crippen molar-refractivity contribution < 1.29 is 14.3 Å². The molecule has 2 rings (SSSR count). The molecule has 5 heteroatoms. The molecular formula is C13H22N2O3. The fourth-order valence-corrected chi connectivity index (χ4v) is 2.77. The number of amides is 2. The number of carbonyl (C=O) groups is 2. The zero-order chi connectivity index (χ0) is 13.5. The summed E-state index contributed by atoms with van der Waals surface area (Å²) in [5, 5.41) is 2.77. The summed E-state index contributed by atoms with van der Waals surface area (Å²) in [6.45, 7) is 8.91. The van der Waals surface area contributed by atoms with Crippen molar-refractivity contribution in [1.29, 1.82) is 0 Å². The first kappa shape index (κ1) is 13.3. The molecule has 1 N–H and O–H groups in total. The van der Waals surface area contributed by atoms with Gasteiger partial charge in [-0.1, -0.05) is 20.8 Å². The maximum Gasteiger partial charge on any atom is 0.245 e. The number of hydrogen-bond acceptors (Lipinski definition) is 3. The van der Waals surface area contributed by atoms with Crippen LogP contribution in [0, 0.1) is 5.41 Å². The van der Waals surface area contributed by atoms with Crippen molar-refractivity contribution >= 4 is 11.8 Å². The molecule has 0 aliphatic carbocycles. The molecule has 2 aliphatic heterocycles. The summed E-state index contributed by atoms with van der Waals surface area (Å²) < 4.78 is 5.36. The Morgan fingerprint density at radius 3 is 2.50 bits per heavy atom. The normalized spacial score (nSPS) is 33.8. The molecule has 5 nitrogen and oxygen atoms in total. The zero-order valence-corrected chi connectivity index (χ0v) is 11.5. The van der Waals surface area contributed by atoms with Crippen LogP contribution in [0.4, 0.5) is 0 Å². The van der Waals surface area contributed by atoms with Gasteiger partial charge in [0.15, 0.2) is 0 Å². The minimum Gasteiger partial charge on any atom is -0.379 e. The van der Waals surface area contributed by atoms with Crippen LogP contribution < -0.4 is 5.32 Å². The Balaban J connectivity index is 2.32. The van der Waals surface area contributed by atoms with Crippen LogP contribution in [0.15, 0.2) is 0 Å². The second-order valence-electron chi connectivity index (χ2n) is 6.26. The van der Waals surface area contributed by atoms with E-state index in [9.17, 15) is 9.59 Å². The van der Waals surface area contributed by atoms with Crippen molar-refractivity contribution in [3.05, 3.63) is 0 Å². The molecule has 2 amide bonds. The summed E-state index contributed by atoms with van der Waals surface area (Å²) in [7, 11) is 0. The molecule has 102 valence electrons. The Kier molecular flexibility index (Phi) is 3.36. The maximum atomic E-state index is 12.4. The van der Waals surface area contributed by atoms with Crippen LogP contribution in [0.2, 0.25) is 0 Å². The third-order valence-corrected chi connectivity index (χ3v) is 3.63. The number of nitrogens with zero attached hydrogens (tertiary/aromatic N) is 1. The lowest BCUT2D eigenvalue weighted by Gasteiger charge is -2.46. The van der Waals surface area contributed by atoms with Crippen LogP contribution in [0.25, 0.3) is 0 Å². The van der Waals surface area contributed by atoms with Gasteiger partial charge in [0.05, 0.1) is 12.6 Å². The van der Waals surface area contributed by atoms with E-state index < -0.39 is 12.1 Å². The van der Waals surface area contributed by atoms with E-state index in [-0.39, 0.29) is 23.3 Å². The second kappa shape index (κ2) is 4.53. The molecule has 3 unspecified atom stereocenters. The molecule has 0 saturated carbocycles. The molecule has 0 aromatic carbocycles. The van der Waals surface area contributed by atoms with E-state index >= 15 is 0 Å². The number of ether oxygens (including phenoxy) is 1. The first-order valence-electron chi connectivity index (χ1n) is 6.52. The molecule has 2 heterocycles. The quantitative estimate of drug-likeness (QED) is 0.743. The van der Waals surface area contributed by atoms with Crippen LogP contribution in [0.1, 0.15) is 34.1 Å². The van der Waals surface area contributed by atoms with Crippen LogP contribution >= 0.6 is 0 Å². The Bertz CT molecular complexity index is 356. The van der Waals surface area contributed by atoms with Gasteiger partial charge in [0.1, 0.15) is 12.1 Å². The van der Waals surface area contributed by atoms with Crippen molar-refractivity contribution in [2.24, 2.45) is 5.41 Å². The van der Waals surface area contributed by atoms with Crippen LogP contribution in [0.5, 0.6) is 0 Å². The summed E-state index contributed by atoms with van der Waals surface area (Å²) in [6, 6.07) is -0.806. The van der Waals surface area contributed by atoms with Crippen molar-refractivity contribution in [3.63, 3.8) is 0 Å². The Morgan fingerprint density at radius 1 is 1.33 bits per heavy atom. The van der Waals surface area contributed by atoms with Gasteiger partial charge in [-0.05, 0) is 18.8 Å². The van der Waals surface area contributed by atoms with Crippen LogP contribution in [-0.2, 0) is 14.3 Å². The first-order chi connectivity index (χ1) is 8.32. The van der Waals surface area contributed by atoms with Crippen LogP contribution in [-0.4, -0.2) is 48.1 Å². The van der Waals surface area contributed by atoms with E-state index in [0.29, 0.717) is 13.2 Å². The van der Waals surface area contributed by atoms with Gasteiger partial charge in [-0.2, -0.15) is 0 Å². The Morgan fingerprint density at radius 2 is 2.00 bits per heavy atom. The standard InChI is InChI=1S/C13H22N2O3/c1-8-12(17)15(9-5-6-18-7-9)10(11(16)14-8)13(2,3)4/h8-10H,5-7H2,1-4H3,(H,14,16). The lowest BCUT2D eigenvalue weighted by atomic mass is 9.82. The Labute approximate surface area is 108 Å². The van der Waals surface area contributed by atoms with Gasteiger partial charge in [-0.3, -0.25) is 9.59 Å². The van der Waals surface area contributed by atoms with Gasteiger partial charge in [0.2, 0.25) is 11.8 Å². The maximum absolute atomic E-state index is 12.4. The smallest absolute Gasteiger partial charge is 0.245 e. The predicted octanol–water partition coefficient (Wildman–Crippen LogP) is 0.537. The van der Waals surface area contributed by atoms with E-state index in [4.69, 9.17) is 4.74 Å². The van der Waals surface area contributed by atoms with E-state index in [1.54, 1.807) is 11.8 Å². The molecular weight excluding hydrogens is 232 g/mol. The Hall–Kier alpha value is -1.10. The van der Waals surface area contributed by atoms with E-state index in [2.05, 4.69) is 5.32 Å². The largest absolute Gasteiger partial charge is 0.379 e. The number of carbonyl (C=O) groups excluding carboxylic acids is 2. The molecule has 2 aliphatic rings. The van der Waals surface area contributed by atoms with E-state index in [0.717, 1.165) is 6.42 Å². The van der Waals surface area contributed by atoms with E-state index in [1.165, 1.54) is 0 Å². The van der Waals surface area contributed by atoms with Gasteiger partial charge in [-0.25, -0.2) is 0 Å². The van der Waals surface area contributed by atoms with E-state index in [1.807, 2.05) is 20.8 Å². The highest BCUT2D eigenvalue weighted by atomic mass is 16.5. The topological polar surface area (TPSA) is 58.6 Å². The molecule has 2 fully saturated rings.